The van der Waals surface area contributed by atoms with Crippen molar-refractivity contribution in [1.29, 1.82) is 0 Å². The summed E-state index contributed by atoms with van der Waals surface area (Å²) >= 11 is 0. The lowest BCUT2D eigenvalue weighted by atomic mass is 10.2. The number of carbonyl (C=O) groups is 1. The van der Waals surface area contributed by atoms with Crippen molar-refractivity contribution in [1.82, 2.24) is 14.9 Å². The first kappa shape index (κ1) is 18.1. The van der Waals surface area contributed by atoms with Crippen molar-refractivity contribution in [2.24, 2.45) is 0 Å². The third kappa shape index (κ3) is 3.55. The van der Waals surface area contributed by atoms with E-state index in [2.05, 4.69) is 15.6 Å². The van der Waals surface area contributed by atoms with E-state index in [1.54, 1.807) is 12.1 Å². The molecule has 1 amide bonds. The molecule has 5 rings (SSSR count). The molecule has 0 saturated heterocycles. The van der Waals surface area contributed by atoms with Crippen LogP contribution in [-0.2, 0) is 0 Å². The van der Waals surface area contributed by atoms with Crippen LogP contribution in [0.15, 0.2) is 83.8 Å². The topological polar surface area (TPSA) is 76.0 Å². The molecule has 0 bridgehead atoms. The van der Waals surface area contributed by atoms with Crippen LogP contribution in [0.1, 0.15) is 23.3 Å². The molecule has 0 radical (unpaired) electrons. The summed E-state index contributed by atoms with van der Waals surface area (Å²) in [6.45, 7) is 0. The van der Waals surface area contributed by atoms with Crippen molar-refractivity contribution in [3.63, 3.8) is 0 Å². The van der Waals surface area contributed by atoms with Gasteiger partial charge in [-0.1, -0.05) is 36.4 Å². The number of nitrogens with zero attached hydrogens (tertiary/aromatic N) is 2. The fourth-order valence-electron chi connectivity index (χ4n) is 3.44. The summed E-state index contributed by atoms with van der Waals surface area (Å²) in [5.74, 6) is 0.400. The van der Waals surface area contributed by atoms with Crippen LogP contribution in [0.25, 0.3) is 16.6 Å². The summed E-state index contributed by atoms with van der Waals surface area (Å²) in [5.41, 5.74) is 2.51. The van der Waals surface area contributed by atoms with Crippen LogP contribution in [0.2, 0.25) is 0 Å². The second-order valence-corrected chi connectivity index (χ2v) is 7.39. The zero-order valence-electron chi connectivity index (χ0n) is 16.2. The van der Waals surface area contributed by atoms with Gasteiger partial charge in [-0.2, -0.15) is 0 Å². The van der Waals surface area contributed by atoms with Crippen LogP contribution >= 0.6 is 0 Å². The number of para-hydroxylation sites is 2. The Morgan fingerprint density at radius 3 is 2.37 bits per heavy atom. The van der Waals surface area contributed by atoms with E-state index in [0.29, 0.717) is 22.4 Å². The molecule has 30 heavy (non-hydrogen) atoms. The number of hydrogen-bond donors (Lipinski definition) is 2. The Bertz CT molecular complexity index is 1280. The second kappa shape index (κ2) is 7.48. The Labute approximate surface area is 173 Å². The van der Waals surface area contributed by atoms with E-state index in [1.165, 1.54) is 6.20 Å². The van der Waals surface area contributed by atoms with Crippen molar-refractivity contribution >= 4 is 28.3 Å². The molecule has 0 aliphatic heterocycles. The number of pyridine rings is 2. The predicted octanol–water partition coefficient (Wildman–Crippen LogP) is 4.02. The molecule has 4 aromatic rings. The maximum Gasteiger partial charge on any atom is 0.270 e. The smallest absolute Gasteiger partial charge is 0.270 e. The third-order valence-corrected chi connectivity index (χ3v) is 5.10. The second-order valence-electron chi connectivity index (χ2n) is 7.39. The van der Waals surface area contributed by atoms with E-state index in [4.69, 9.17) is 0 Å². The molecular weight excluding hydrogens is 376 g/mol. The van der Waals surface area contributed by atoms with Gasteiger partial charge in [-0.05, 0) is 43.2 Å². The third-order valence-electron chi connectivity index (χ3n) is 5.10. The molecule has 1 saturated carbocycles. The first-order valence-corrected chi connectivity index (χ1v) is 9.93. The van der Waals surface area contributed by atoms with E-state index < -0.39 is 0 Å². The molecule has 1 aliphatic rings. The predicted molar refractivity (Wildman–Crippen MR) is 118 cm³/mol. The van der Waals surface area contributed by atoms with E-state index in [0.717, 1.165) is 24.2 Å². The van der Waals surface area contributed by atoms with Gasteiger partial charge in [0.1, 0.15) is 11.5 Å². The van der Waals surface area contributed by atoms with Gasteiger partial charge >= 0.3 is 0 Å². The van der Waals surface area contributed by atoms with E-state index in [9.17, 15) is 9.59 Å². The lowest BCUT2D eigenvalue weighted by Crippen LogP contribution is -2.26. The molecule has 0 spiro atoms. The van der Waals surface area contributed by atoms with E-state index >= 15 is 0 Å². The summed E-state index contributed by atoms with van der Waals surface area (Å²) in [7, 11) is 0. The highest BCUT2D eigenvalue weighted by atomic mass is 16.2. The Hall–Kier alpha value is -3.93. The van der Waals surface area contributed by atoms with Gasteiger partial charge in [0.2, 0.25) is 0 Å². The van der Waals surface area contributed by atoms with Crippen LogP contribution in [0.3, 0.4) is 0 Å². The minimum absolute atomic E-state index is 0.155. The van der Waals surface area contributed by atoms with Crippen molar-refractivity contribution in [3.05, 3.63) is 94.9 Å². The molecule has 1 fully saturated rings. The van der Waals surface area contributed by atoms with Crippen molar-refractivity contribution in [2.45, 2.75) is 18.9 Å². The molecule has 0 atom stereocenters. The van der Waals surface area contributed by atoms with E-state index in [-0.39, 0.29) is 17.4 Å². The highest BCUT2D eigenvalue weighted by molar-refractivity contribution is 5.96. The Kier molecular flexibility index (Phi) is 4.52. The number of nitrogens with one attached hydrogen (secondary N) is 2. The van der Waals surface area contributed by atoms with E-state index in [1.807, 2.05) is 65.2 Å². The zero-order valence-corrected chi connectivity index (χ0v) is 16.2. The zero-order chi connectivity index (χ0) is 20.5. The highest BCUT2D eigenvalue weighted by Crippen LogP contribution is 2.26. The largest absolute Gasteiger partial charge is 0.348 e. The molecular formula is C24H20N4O2. The highest BCUT2D eigenvalue weighted by Gasteiger charge is 2.25. The molecule has 2 aromatic heterocycles. The van der Waals surface area contributed by atoms with Gasteiger partial charge < -0.3 is 10.6 Å². The van der Waals surface area contributed by atoms with Gasteiger partial charge in [0.05, 0.1) is 10.9 Å². The SMILES string of the molecule is O=C(NC1CC1)c1cc2c(cn1)c(=O)cc(Nc1ccccc1)n2-c1ccccc1. The normalized spacial score (nSPS) is 13.2. The fraction of sp³-hybridized carbons (Fsp3) is 0.125. The lowest BCUT2D eigenvalue weighted by Gasteiger charge is -2.18. The Balaban J connectivity index is 1.71. The van der Waals surface area contributed by atoms with Gasteiger partial charge in [0.25, 0.3) is 5.91 Å². The number of hydrogen-bond acceptors (Lipinski definition) is 4. The standard InChI is InChI=1S/C24H20N4O2/c29-22-14-23(26-16-7-3-1-4-8-16)28(18-9-5-2-6-10-18)21-13-20(25-15-19(21)22)24(30)27-17-11-12-17/h1-10,13-15,17,26H,11-12H2,(H,27,30). The van der Waals surface area contributed by atoms with Gasteiger partial charge in [0.15, 0.2) is 5.43 Å². The summed E-state index contributed by atoms with van der Waals surface area (Å²) in [5, 5.41) is 6.75. The average Bonchev–Trinajstić information content (AvgIpc) is 3.59. The van der Waals surface area contributed by atoms with Crippen LogP contribution in [0, 0.1) is 0 Å². The van der Waals surface area contributed by atoms with Crippen LogP contribution < -0.4 is 16.1 Å². The van der Waals surface area contributed by atoms with Gasteiger partial charge in [-0.3, -0.25) is 19.1 Å². The number of rotatable bonds is 5. The minimum Gasteiger partial charge on any atom is -0.348 e. The number of amides is 1. The molecule has 6 heteroatoms. The maximum absolute atomic E-state index is 12.8. The average molecular weight is 396 g/mol. The summed E-state index contributed by atoms with van der Waals surface area (Å²) in [6.07, 6.45) is 3.49. The Morgan fingerprint density at radius 2 is 1.67 bits per heavy atom. The van der Waals surface area contributed by atoms with Gasteiger partial charge in [-0.25, -0.2) is 0 Å². The number of fused-ring (bicyclic) bond motifs is 1. The number of carbonyl (C=O) groups excluding carboxylic acids is 1. The molecule has 2 heterocycles. The molecule has 6 nitrogen and oxygen atoms in total. The van der Waals surface area contributed by atoms with Crippen LogP contribution in [-0.4, -0.2) is 21.5 Å². The lowest BCUT2D eigenvalue weighted by molar-refractivity contribution is 0.0946. The molecule has 148 valence electrons. The monoisotopic (exact) mass is 396 g/mol. The molecule has 2 aromatic carbocycles. The van der Waals surface area contributed by atoms with Crippen LogP contribution in [0.4, 0.5) is 11.5 Å². The first-order valence-electron chi connectivity index (χ1n) is 9.93. The molecule has 1 aliphatic carbocycles. The summed E-state index contributed by atoms with van der Waals surface area (Å²) in [4.78, 5) is 29.7. The molecule has 0 unspecified atom stereocenters. The van der Waals surface area contributed by atoms with Crippen molar-refractivity contribution < 1.29 is 4.79 Å². The van der Waals surface area contributed by atoms with Gasteiger partial charge in [0, 0.05) is 29.7 Å². The summed E-state index contributed by atoms with van der Waals surface area (Å²) < 4.78 is 1.94. The number of aromatic nitrogens is 2. The maximum atomic E-state index is 12.8. The van der Waals surface area contributed by atoms with Crippen molar-refractivity contribution in [3.8, 4) is 5.69 Å². The summed E-state index contributed by atoms with van der Waals surface area (Å²) in [6, 6.07) is 22.9. The van der Waals surface area contributed by atoms with Crippen molar-refractivity contribution in [2.75, 3.05) is 5.32 Å². The first-order chi connectivity index (χ1) is 14.7. The number of benzene rings is 2. The van der Waals surface area contributed by atoms with Crippen LogP contribution in [0.5, 0.6) is 0 Å². The minimum atomic E-state index is -0.215. The quantitative estimate of drug-likeness (QED) is 0.534. The van der Waals surface area contributed by atoms with Gasteiger partial charge in [-0.15, -0.1) is 0 Å². The Morgan fingerprint density at radius 1 is 0.967 bits per heavy atom. The number of anilines is 2. The molecule has 2 N–H and O–H groups in total. The fourth-order valence-corrected chi connectivity index (χ4v) is 3.44.